The topological polar surface area (TPSA) is 44.8 Å². The Hall–Kier alpha value is -0.385. The van der Waals surface area contributed by atoms with Crippen LogP contribution in [-0.2, 0) is 18.8 Å². The van der Waals surface area contributed by atoms with Crippen LogP contribution in [-0.4, -0.2) is 24.5 Å². The van der Waals surface area contributed by atoms with E-state index in [9.17, 15) is 4.79 Å². The van der Waals surface area contributed by atoms with Crippen molar-refractivity contribution < 1.29 is 18.8 Å². The second-order valence-electron chi connectivity index (χ2n) is 5.87. The number of fused-ring (bicyclic) bond motifs is 1. The van der Waals surface area contributed by atoms with Gasteiger partial charge in [0.15, 0.2) is 5.78 Å². The quantitative estimate of drug-likeness (QED) is 0.554. The van der Waals surface area contributed by atoms with Crippen LogP contribution in [0, 0.1) is 10.8 Å². The van der Waals surface area contributed by atoms with Crippen LogP contribution in [0.3, 0.4) is 0 Å². The monoisotopic (exact) mass is 208 g/mol. The normalized spacial score (nSPS) is 51.9. The summed E-state index contributed by atoms with van der Waals surface area (Å²) >= 11 is 0. The minimum atomic E-state index is -1.06. The Balaban J connectivity index is 2.04. The first kappa shape index (κ1) is 8.73. The largest absolute Gasteiger partial charge is 0.645 e. The molecule has 2 aliphatic carbocycles. The molecule has 2 atom stereocenters. The molecule has 0 radical (unpaired) electrons. The number of hydrogen-bond donors (Lipinski definition) is 0. The lowest BCUT2D eigenvalue weighted by molar-refractivity contribution is -0.220. The number of Topliss-reactive ketones (excluding diaryl/α,β-unsaturated/α-hetero) is 1. The molecule has 4 bridgehead atoms. The minimum Gasteiger partial charge on any atom is -0.373 e. The van der Waals surface area contributed by atoms with E-state index in [2.05, 4.69) is 13.8 Å². The van der Waals surface area contributed by atoms with E-state index in [1.54, 1.807) is 0 Å². The lowest BCUT2D eigenvalue weighted by atomic mass is 9.69. The minimum absolute atomic E-state index is 0.0833. The van der Waals surface area contributed by atoms with Crippen molar-refractivity contribution >= 4 is 13.1 Å². The molecule has 3 saturated heterocycles. The summed E-state index contributed by atoms with van der Waals surface area (Å²) in [6, 6.07) is 0. The molecule has 4 nitrogen and oxygen atoms in total. The maximum atomic E-state index is 12.4. The van der Waals surface area contributed by atoms with Gasteiger partial charge in [-0.05, 0) is 12.8 Å². The fourth-order valence-electron chi connectivity index (χ4n) is 4.09. The van der Waals surface area contributed by atoms with Gasteiger partial charge in [-0.25, -0.2) is 0 Å². The molecule has 3 heterocycles. The molecule has 0 aromatic heterocycles. The van der Waals surface area contributed by atoms with Gasteiger partial charge in [0, 0.05) is 10.8 Å². The molecule has 3 aliphatic heterocycles. The van der Waals surface area contributed by atoms with Crippen LogP contribution < -0.4 is 0 Å². The summed E-state index contributed by atoms with van der Waals surface area (Å²) in [5.74, 6) is -0.978. The first-order valence-electron chi connectivity index (χ1n) is 5.48. The van der Waals surface area contributed by atoms with E-state index >= 15 is 0 Å². The molecule has 0 amide bonds. The first-order valence-corrected chi connectivity index (χ1v) is 5.48. The van der Waals surface area contributed by atoms with Gasteiger partial charge in [0.1, 0.15) is 5.60 Å². The third kappa shape index (κ3) is 0.500. The van der Waals surface area contributed by atoms with E-state index in [1.165, 1.54) is 0 Å². The summed E-state index contributed by atoms with van der Waals surface area (Å²) in [6.45, 7) is 6.21. The maximum Gasteiger partial charge on any atom is 0.645 e. The molecule has 5 fully saturated rings. The number of rotatable bonds is 0. The van der Waals surface area contributed by atoms with Crippen molar-refractivity contribution in [2.75, 3.05) is 0 Å². The van der Waals surface area contributed by atoms with Gasteiger partial charge in [-0.1, -0.05) is 20.8 Å². The number of hydrogen-bond acceptors (Lipinski definition) is 4. The Bertz CT molecular complexity index is 400. The standard InChI is InChI=1S/C10H13BO4/c1-7(2)8(3)4-5-9(7)10(6(8)12)14-11(13-9)15-10/h4-5H2,1-3H3. The molecular formula is C10H13BO4. The van der Waals surface area contributed by atoms with Crippen LogP contribution >= 0.6 is 0 Å². The summed E-state index contributed by atoms with van der Waals surface area (Å²) < 4.78 is 16.8. The maximum absolute atomic E-state index is 12.4. The van der Waals surface area contributed by atoms with Crippen molar-refractivity contribution in [3.63, 3.8) is 0 Å². The highest BCUT2D eigenvalue weighted by molar-refractivity contribution is 6.43. The van der Waals surface area contributed by atoms with Crippen LogP contribution in [0.15, 0.2) is 0 Å². The van der Waals surface area contributed by atoms with Crippen molar-refractivity contribution in [2.24, 2.45) is 10.8 Å². The van der Waals surface area contributed by atoms with Crippen molar-refractivity contribution in [3.8, 4) is 0 Å². The van der Waals surface area contributed by atoms with Crippen LogP contribution in [0.1, 0.15) is 33.6 Å². The smallest absolute Gasteiger partial charge is 0.373 e. The average Bonchev–Trinajstić information content (AvgIpc) is 2.70. The Labute approximate surface area is 88.4 Å². The van der Waals surface area contributed by atoms with Gasteiger partial charge in [-0.3, -0.25) is 4.79 Å². The molecule has 80 valence electrons. The van der Waals surface area contributed by atoms with Crippen molar-refractivity contribution in [3.05, 3.63) is 0 Å². The van der Waals surface area contributed by atoms with E-state index in [0.717, 1.165) is 12.8 Å². The first-order chi connectivity index (χ1) is 6.90. The lowest BCUT2D eigenvalue weighted by Crippen LogP contribution is -2.62. The van der Waals surface area contributed by atoms with E-state index in [1.807, 2.05) is 6.92 Å². The molecule has 5 aliphatic rings. The highest BCUT2D eigenvalue weighted by Gasteiger charge is 2.92. The van der Waals surface area contributed by atoms with Gasteiger partial charge < -0.3 is 14.0 Å². The molecule has 5 heteroatoms. The zero-order valence-electron chi connectivity index (χ0n) is 9.12. The third-order valence-corrected chi connectivity index (χ3v) is 5.52. The zero-order chi connectivity index (χ0) is 10.7. The SMILES string of the molecule is CC12CCC3(OB4OC3(O4)C1=O)C2(C)C. The van der Waals surface area contributed by atoms with E-state index in [4.69, 9.17) is 14.0 Å². The molecule has 0 aromatic rings. The molecule has 5 rings (SSSR count). The highest BCUT2D eigenvalue weighted by atomic mass is 16.9. The average molecular weight is 208 g/mol. The Morgan fingerprint density at radius 1 is 1.13 bits per heavy atom. The van der Waals surface area contributed by atoms with Gasteiger partial charge in [-0.15, -0.1) is 0 Å². The Kier molecular flexibility index (Phi) is 1.05. The van der Waals surface area contributed by atoms with Crippen molar-refractivity contribution in [1.29, 1.82) is 0 Å². The lowest BCUT2D eigenvalue weighted by Gasteiger charge is -2.41. The fraction of sp³-hybridized carbons (Fsp3) is 0.900. The van der Waals surface area contributed by atoms with Crippen LogP contribution in [0.25, 0.3) is 0 Å². The molecule has 2 spiro atoms. The number of carbonyl (C=O) groups excluding carboxylic acids is 1. The third-order valence-electron chi connectivity index (χ3n) is 5.52. The summed E-state index contributed by atoms with van der Waals surface area (Å²) in [7, 11) is -0.601. The van der Waals surface area contributed by atoms with Gasteiger partial charge in [-0.2, -0.15) is 0 Å². The van der Waals surface area contributed by atoms with Crippen LogP contribution in [0.4, 0.5) is 0 Å². The second-order valence-corrected chi connectivity index (χ2v) is 5.87. The molecular weight excluding hydrogens is 195 g/mol. The van der Waals surface area contributed by atoms with Gasteiger partial charge in [0.25, 0.3) is 0 Å². The van der Waals surface area contributed by atoms with E-state index in [0.29, 0.717) is 0 Å². The van der Waals surface area contributed by atoms with Crippen LogP contribution in [0.2, 0.25) is 0 Å². The number of ketones is 1. The van der Waals surface area contributed by atoms with Crippen molar-refractivity contribution in [2.45, 2.75) is 45.0 Å². The Morgan fingerprint density at radius 3 is 2.40 bits per heavy atom. The molecule has 2 unspecified atom stereocenters. The van der Waals surface area contributed by atoms with Gasteiger partial charge in [0.2, 0.25) is 5.79 Å². The predicted octanol–water partition coefficient (Wildman–Crippen LogP) is 0.892. The number of carbonyl (C=O) groups is 1. The second kappa shape index (κ2) is 1.81. The summed E-state index contributed by atoms with van der Waals surface area (Å²) in [5.41, 5.74) is -1.10. The summed E-state index contributed by atoms with van der Waals surface area (Å²) in [5, 5.41) is 0. The summed E-state index contributed by atoms with van der Waals surface area (Å²) in [4.78, 5) is 12.4. The summed E-state index contributed by atoms with van der Waals surface area (Å²) in [6.07, 6.45) is 1.73. The fourth-order valence-corrected chi connectivity index (χ4v) is 4.09. The zero-order valence-corrected chi connectivity index (χ0v) is 9.12. The van der Waals surface area contributed by atoms with Gasteiger partial charge >= 0.3 is 7.32 Å². The molecule has 0 N–H and O–H groups in total. The molecule has 0 aromatic carbocycles. The molecule has 15 heavy (non-hydrogen) atoms. The van der Waals surface area contributed by atoms with Crippen LogP contribution in [0.5, 0.6) is 0 Å². The van der Waals surface area contributed by atoms with Gasteiger partial charge in [0.05, 0.1) is 0 Å². The van der Waals surface area contributed by atoms with Crippen molar-refractivity contribution in [1.82, 2.24) is 0 Å². The predicted molar refractivity (Wildman–Crippen MR) is 50.6 cm³/mol. The van der Waals surface area contributed by atoms with E-state index < -0.39 is 18.7 Å². The van der Waals surface area contributed by atoms with E-state index in [-0.39, 0.29) is 16.6 Å². The Morgan fingerprint density at radius 2 is 1.80 bits per heavy atom. The highest BCUT2D eigenvalue weighted by Crippen LogP contribution is 2.76. The molecule has 2 saturated carbocycles.